The first kappa shape index (κ1) is 22.0. The smallest absolute Gasteiger partial charge is 0.106 e. The molecule has 0 N–H and O–H groups in total. The van der Waals surface area contributed by atoms with Gasteiger partial charge in [-0.3, -0.25) is 0 Å². The Morgan fingerprint density at radius 3 is 1.34 bits per heavy atom. The lowest BCUT2D eigenvalue weighted by atomic mass is 10.2. The van der Waals surface area contributed by atoms with Crippen molar-refractivity contribution in [3.63, 3.8) is 0 Å². The molecule has 3 rings (SSSR count). The van der Waals surface area contributed by atoms with E-state index in [-0.39, 0.29) is 0 Å². The molecule has 0 bridgehead atoms. The second-order valence-electron chi connectivity index (χ2n) is 6.13. The van der Waals surface area contributed by atoms with Gasteiger partial charge in [-0.15, -0.1) is 35.3 Å². The summed E-state index contributed by atoms with van der Waals surface area (Å²) in [7, 11) is 0. The first-order valence-corrected chi connectivity index (χ1v) is 12.5. The van der Waals surface area contributed by atoms with Gasteiger partial charge >= 0.3 is 0 Å². The van der Waals surface area contributed by atoms with Crippen LogP contribution in [0.5, 0.6) is 0 Å². The molecule has 29 heavy (non-hydrogen) atoms. The number of hydrogen-bond acceptors (Lipinski definition) is 3. The van der Waals surface area contributed by atoms with Crippen molar-refractivity contribution in [2.45, 2.75) is 17.3 Å². The topological polar surface area (TPSA) is 0 Å². The van der Waals surface area contributed by atoms with Crippen LogP contribution in [0.2, 0.25) is 0 Å². The fourth-order valence-corrected chi connectivity index (χ4v) is 5.15. The molecule has 3 aromatic rings. The molecule has 0 aromatic heterocycles. The summed E-state index contributed by atoms with van der Waals surface area (Å²) in [5.74, 6) is 2.64. The van der Waals surface area contributed by atoms with Crippen molar-refractivity contribution in [2.24, 2.45) is 0 Å². The summed E-state index contributed by atoms with van der Waals surface area (Å²) < 4.78 is 1.73. The number of benzene rings is 3. The van der Waals surface area contributed by atoms with Crippen LogP contribution >= 0.6 is 46.9 Å². The molecule has 0 saturated carbocycles. The van der Waals surface area contributed by atoms with Crippen LogP contribution in [0.3, 0.4) is 0 Å². The van der Waals surface area contributed by atoms with Crippen molar-refractivity contribution < 1.29 is 0 Å². The Labute approximate surface area is 191 Å². The highest BCUT2D eigenvalue weighted by Gasteiger charge is 2.02. The van der Waals surface area contributed by atoms with E-state index in [1.165, 1.54) is 16.7 Å². The highest BCUT2D eigenvalue weighted by atomic mass is 35.5. The monoisotopic (exact) mass is 452 g/mol. The minimum atomic E-state index is 0.631. The molecule has 4 heteroatoms. The van der Waals surface area contributed by atoms with E-state index in [1.807, 2.05) is 30.3 Å². The first-order chi connectivity index (χ1) is 14.3. The van der Waals surface area contributed by atoms with Gasteiger partial charge in [0, 0.05) is 17.3 Å². The van der Waals surface area contributed by atoms with Gasteiger partial charge in [0.1, 0.15) is 4.36 Å². The Morgan fingerprint density at radius 2 is 0.931 bits per heavy atom. The minimum Gasteiger partial charge on any atom is -0.106 e. The predicted molar refractivity (Wildman–Crippen MR) is 133 cm³/mol. The molecular formula is C25H21ClS3. The Balaban J connectivity index is 1.69. The van der Waals surface area contributed by atoms with E-state index in [0.717, 1.165) is 21.5 Å². The highest BCUT2D eigenvalue weighted by molar-refractivity contribution is 8.21. The van der Waals surface area contributed by atoms with Crippen LogP contribution < -0.4 is 0 Å². The summed E-state index contributed by atoms with van der Waals surface area (Å²) in [5, 5.41) is 0. The van der Waals surface area contributed by atoms with E-state index in [4.69, 9.17) is 11.6 Å². The zero-order valence-electron chi connectivity index (χ0n) is 15.9. The lowest BCUT2D eigenvalue weighted by Crippen LogP contribution is -1.81. The standard InChI is InChI=1S/C25H21ClS3/c26-24(27-18-21-10-4-1-5-11-21)16-17-25(28-19-22-12-6-2-7-13-22)29-20-23-14-8-3-9-15-23/h1-15H,18-20H2. The molecule has 3 aromatic carbocycles. The van der Waals surface area contributed by atoms with E-state index in [0.29, 0.717) is 4.36 Å². The largest absolute Gasteiger partial charge is 0.124 e. The van der Waals surface area contributed by atoms with Gasteiger partial charge in [0.2, 0.25) is 0 Å². The van der Waals surface area contributed by atoms with Crippen molar-refractivity contribution in [2.75, 3.05) is 0 Å². The van der Waals surface area contributed by atoms with Crippen LogP contribution in [0.4, 0.5) is 0 Å². The lowest BCUT2D eigenvalue weighted by molar-refractivity contribution is 1.42. The Bertz CT molecular complexity index is 927. The average molecular weight is 453 g/mol. The van der Waals surface area contributed by atoms with Gasteiger partial charge in [0.25, 0.3) is 0 Å². The van der Waals surface area contributed by atoms with Crippen LogP contribution in [0.15, 0.2) is 111 Å². The van der Waals surface area contributed by atoms with Crippen molar-refractivity contribution in [1.29, 1.82) is 0 Å². The number of thioether (sulfide) groups is 3. The molecule has 0 heterocycles. The summed E-state index contributed by atoms with van der Waals surface area (Å²) in [6.07, 6.45) is 0. The molecule has 0 saturated heterocycles. The summed E-state index contributed by atoms with van der Waals surface area (Å²) in [4.78, 5) is 0. The van der Waals surface area contributed by atoms with E-state index in [2.05, 4.69) is 72.1 Å². The zero-order valence-corrected chi connectivity index (χ0v) is 19.1. The van der Waals surface area contributed by atoms with E-state index in [9.17, 15) is 0 Å². The van der Waals surface area contributed by atoms with Crippen LogP contribution in [-0.2, 0) is 17.3 Å². The molecule has 0 aliphatic rings. The Hall–Kier alpha value is -1.70. The normalized spacial score (nSPS) is 10.1. The molecule has 0 radical (unpaired) electrons. The maximum atomic E-state index is 6.38. The molecule has 0 atom stereocenters. The Kier molecular flexibility index (Phi) is 9.69. The summed E-state index contributed by atoms with van der Waals surface area (Å²) in [6.45, 7) is 0. The van der Waals surface area contributed by atoms with E-state index < -0.39 is 0 Å². The highest BCUT2D eigenvalue weighted by Crippen LogP contribution is 2.33. The molecule has 0 aliphatic carbocycles. The SMILES string of the molecule is ClC(=C=C=C(SCc1ccccc1)SCc1ccccc1)SCc1ccccc1. The van der Waals surface area contributed by atoms with Crippen LogP contribution in [0, 0.1) is 0 Å². The molecule has 0 fully saturated rings. The first-order valence-electron chi connectivity index (χ1n) is 9.21. The van der Waals surface area contributed by atoms with Gasteiger partial charge in [0.05, 0.1) is 4.24 Å². The van der Waals surface area contributed by atoms with Gasteiger partial charge in [0.15, 0.2) is 0 Å². The van der Waals surface area contributed by atoms with Gasteiger partial charge in [-0.05, 0) is 28.2 Å². The van der Waals surface area contributed by atoms with Crippen LogP contribution in [0.25, 0.3) is 0 Å². The molecule has 0 unspecified atom stereocenters. The number of hydrogen-bond donors (Lipinski definition) is 0. The second-order valence-corrected chi connectivity index (χ2v) is 9.95. The second kappa shape index (κ2) is 12.8. The van der Waals surface area contributed by atoms with E-state index >= 15 is 0 Å². The van der Waals surface area contributed by atoms with Gasteiger partial charge in [-0.1, -0.05) is 103 Å². The average Bonchev–Trinajstić information content (AvgIpc) is 2.79. The van der Waals surface area contributed by atoms with Crippen molar-refractivity contribution >= 4 is 46.9 Å². The summed E-state index contributed by atoms with van der Waals surface area (Å²) in [6, 6.07) is 31.3. The fraction of sp³-hybridized carbons (Fsp3) is 0.120. The minimum absolute atomic E-state index is 0.631. The number of rotatable bonds is 9. The maximum absolute atomic E-state index is 6.38. The molecule has 0 spiro atoms. The van der Waals surface area contributed by atoms with Gasteiger partial charge in [-0.25, -0.2) is 0 Å². The molecule has 146 valence electrons. The van der Waals surface area contributed by atoms with Crippen LogP contribution in [0.1, 0.15) is 16.7 Å². The van der Waals surface area contributed by atoms with E-state index in [1.54, 1.807) is 35.3 Å². The van der Waals surface area contributed by atoms with Crippen LogP contribution in [-0.4, -0.2) is 0 Å². The maximum Gasteiger partial charge on any atom is 0.124 e. The summed E-state index contributed by atoms with van der Waals surface area (Å²) >= 11 is 11.5. The predicted octanol–water partition coefficient (Wildman–Crippen LogP) is 8.46. The lowest BCUT2D eigenvalue weighted by Gasteiger charge is -2.05. The van der Waals surface area contributed by atoms with Crippen molar-refractivity contribution in [1.82, 2.24) is 0 Å². The fourth-order valence-electron chi connectivity index (χ4n) is 2.42. The van der Waals surface area contributed by atoms with Crippen molar-refractivity contribution in [3.05, 3.63) is 128 Å². The summed E-state index contributed by atoms with van der Waals surface area (Å²) in [5.41, 5.74) is 10.3. The third kappa shape index (κ3) is 8.68. The quantitative estimate of drug-likeness (QED) is 0.299. The van der Waals surface area contributed by atoms with Gasteiger partial charge in [-0.2, -0.15) is 0 Å². The third-order valence-electron chi connectivity index (χ3n) is 3.90. The zero-order chi connectivity index (χ0) is 20.2. The molecule has 0 aliphatic heterocycles. The molecule has 0 amide bonds. The van der Waals surface area contributed by atoms with Crippen molar-refractivity contribution in [3.8, 4) is 0 Å². The Morgan fingerprint density at radius 1 is 0.552 bits per heavy atom. The molecule has 0 nitrogen and oxygen atoms in total. The number of halogens is 1. The molecular weight excluding hydrogens is 432 g/mol. The third-order valence-corrected chi connectivity index (χ3v) is 7.54. The van der Waals surface area contributed by atoms with Gasteiger partial charge < -0.3 is 0 Å².